The number of nitro benzene ring substituents is 1. The Bertz CT molecular complexity index is 558. The third-order valence-corrected chi connectivity index (χ3v) is 3.96. The SMILES string of the molecule is CC(=O)N1CCN2C[C@H]1Cc1ccc([N+](=O)[O-])cc12. The van der Waals surface area contributed by atoms with Crippen molar-refractivity contribution in [2.75, 3.05) is 24.5 Å². The maximum atomic E-state index is 11.6. The Morgan fingerprint density at radius 1 is 1.42 bits per heavy atom. The van der Waals surface area contributed by atoms with Crippen molar-refractivity contribution in [3.8, 4) is 0 Å². The molecule has 100 valence electrons. The molecule has 6 heteroatoms. The van der Waals surface area contributed by atoms with Crippen molar-refractivity contribution < 1.29 is 9.72 Å². The van der Waals surface area contributed by atoms with Crippen LogP contribution in [-0.4, -0.2) is 41.4 Å². The van der Waals surface area contributed by atoms with E-state index in [0.717, 1.165) is 30.8 Å². The van der Waals surface area contributed by atoms with Crippen molar-refractivity contribution in [3.63, 3.8) is 0 Å². The van der Waals surface area contributed by atoms with Gasteiger partial charge in [-0.1, -0.05) is 6.07 Å². The Labute approximate surface area is 110 Å². The Balaban J connectivity index is 1.96. The van der Waals surface area contributed by atoms with Crippen LogP contribution in [0, 0.1) is 10.1 Å². The van der Waals surface area contributed by atoms with Gasteiger partial charge in [-0.05, 0) is 12.0 Å². The Morgan fingerprint density at radius 2 is 2.21 bits per heavy atom. The number of fused-ring (bicyclic) bond motifs is 4. The minimum Gasteiger partial charge on any atom is -0.367 e. The number of non-ortho nitro benzene ring substituents is 1. The molecule has 1 aromatic rings. The van der Waals surface area contributed by atoms with Gasteiger partial charge in [0.2, 0.25) is 5.91 Å². The van der Waals surface area contributed by atoms with E-state index in [4.69, 9.17) is 0 Å². The summed E-state index contributed by atoms with van der Waals surface area (Å²) in [5, 5.41) is 10.8. The number of amides is 1. The molecule has 0 spiro atoms. The van der Waals surface area contributed by atoms with E-state index in [1.807, 2.05) is 11.0 Å². The first-order valence-corrected chi connectivity index (χ1v) is 6.36. The van der Waals surface area contributed by atoms with E-state index < -0.39 is 0 Å². The molecule has 1 fully saturated rings. The van der Waals surface area contributed by atoms with Crippen LogP contribution in [0.1, 0.15) is 12.5 Å². The fourth-order valence-electron chi connectivity index (χ4n) is 3.05. The number of piperazine rings is 1. The van der Waals surface area contributed by atoms with Crippen LogP contribution in [0.3, 0.4) is 0 Å². The van der Waals surface area contributed by atoms with Gasteiger partial charge in [0.1, 0.15) is 0 Å². The fraction of sp³-hybridized carbons (Fsp3) is 0.462. The van der Waals surface area contributed by atoms with Crippen molar-refractivity contribution in [2.45, 2.75) is 19.4 Å². The summed E-state index contributed by atoms with van der Waals surface area (Å²) in [6, 6.07) is 5.20. The van der Waals surface area contributed by atoms with E-state index in [1.165, 1.54) is 0 Å². The summed E-state index contributed by atoms with van der Waals surface area (Å²) in [7, 11) is 0. The third-order valence-electron chi connectivity index (χ3n) is 3.96. The molecule has 0 aliphatic carbocycles. The number of carbonyl (C=O) groups is 1. The molecule has 6 nitrogen and oxygen atoms in total. The second kappa shape index (κ2) is 4.22. The smallest absolute Gasteiger partial charge is 0.271 e. The van der Waals surface area contributed by atoms with Gasteiger partial charge in [0.15, 0.2) is 0 Å². The van der Waals surface area contributed by atoms with Crippen molar-refractivity contribution >= 4 is 17.3 Å². The van der Waals surface area contributed by atoms with E-state index in [0.29, 0.717) is 6.54 Å². The molecule has 1 atom stereocenters. The summed E-state index contributed by atoms with van der Waals surface area (Å²) in [5.74, 6) is 0.106. The van der Waals surface area contributed by atoms with Crippen molar-refractivity contribution in [2.24, 2.45) is 0 Å². The predicted molar refractivity (Wildman–Crippen MR) is 70.2 cm³/mol. The topological polar surface area (TPSA) is 66.7 Å². The zero-order valence-corrected chi connectivity index (χ0v) is 10.7. The molecule has 1 saturated heterocycles. The van der Waals surface area contributed by atoms with Gasteiger partial charge < -0.3 is 9.80 Å². The Kier molecular flexibility index (Phi) is 2.66. The quantitative estimate of drug-likeness (QED) is 0.562. The van der Waals surface area contributed by atoms with Gasteiger partial charge in [-0.25, -0.2) is 0 Å². The predicted octanol–water partition coefficient (Wildman–Crippen LogP) is 1.19. The molecule has 0 aromatic heterocycles. The molecule has 1 amide bonds. The second-order valence-corrected chi connectivity index (χ2v) is 5.09. The molecular formula is C13H15N3O3. The zero-order chi connectivity index (χ0) is 13.6. The van der Waals surface area contributed by atoms with E-state index in [2.05, 4.69) is 4.90 Å². The summed E-state index contributed by atoms with van der Waals surface area (Å²) in [4.78, 5) is 26.1. The maximum absolute atomic E-state index is 11.6. The van der Waals surface area contributed by atoms with Gasteiger partial charge in [0.05, 0.1) is 11.0 Å². The molecule has 19 heavy (non-hydrogen) atoms. The van der Waals surface area contributed by atoms with Gasteiger partial charge in [-0.3, -0.25) is 14.9 Å². The van der Waals surface area contributed by atoms with Crippen LogP contribution >= 0.6 is 0 Å². The minimum atomic E-state index is -0.363. The molecule has 0 N–H and O–H groups in total. The lowest BCUT2D eigenvalue weighted by Gasteiger charge is -2.46. The third kappa shape index (κ3) is 1.93. The summed E-state index contributed by atoms with van der Waals surface area (Å²) < 4.78 is 0. The van der Waals surface area contributed by atoms with E-state index >= 15 is 0 Å². The Morgan fingerprint density at radius 3 is 2.89 bits per heavy atom. The van der Waals surface area contributed by atoms with Crippen LogP contribution in [0.4, 0.5) is 11.4 Å². The Hall–Kier alpha value is -2.11. The molecule has 3 rings (SSSR count). The number of nitro groups is 1. The number of nitrogens with zero attached hydrogens (tertiary/aromatic N) is 3. The van der Waals surface area contributed by atoms with Crippen LogP contribution in [0.2, 0.25) is 0 Å². The lowest BCUT2D eigenvalue weighted by molar-refractivity contribution is -0.384. The standard InChI is InChI=1S/C13H15N3O3/c1-9(17)15-5-4-14-8-12(15)6-10-2-3-11(16(18)19)7-13(10)14/h2-3,7,12H,4-6,8H2,1H3/t12-/m1/s1. The first-order chi connectivity index (χ1) is 9.06. The summed E-state index contributed by atoms with van der Waals surface area (Å²) in [6.45, 7) is 3.81. The molecule has 1 aromatic carbocycles. The fourth-order valence-corrected chi connectivity index (χ4v) is 3.05. The number of rotatable bonds is 1. The summed E-state index contributed by atoms with van der Waals surface area (Å²) in [5.41, 5.74) is 2.17. The van der Waals surface area contributed by atoms with Crippen LogP contribution in [0.25, 0.3) is 0 Å². The number of benzene rings is 1. The first-order valence-electron chi connectivity index (χ1n) is 6.36. The normalized spacial score (nSPS) is 21.0. The van der Waals surface area contributed by atoms with E-state index in [-0.39, 0.29) is 22.6 Å². The van der Waals surface area contributed by atoms with Crippen molar-refractivity contribution in [3.05, 3.63) is 33.9 Å². The average Bonchev–Trinajstić information content (AvgIpc) is 2.38. The first kappa shape index (κ1) is 12.0. The molecule has 0 unspecified atom stereocenters. The van der Waals surface area contributed by atoms with E-state index in [9.17, 15) is 14.9 Å². The monoisotopic (exact) mass is 261 g/mol. The van der Waals surface area contributed by atoms with Crippen LogP contribution in [-0.2, 0) is 11.2 Å². The summed E-state index contributed by atoms with van der Waals surface area (Å²) in [6.07, 6.45) is 0.781. The number of anilines is 1. The van der Waals surface area contributed by atoms with Gasteiger partial charge in [0.25, 0.3) is 5.69 Å². The molecule has 2 aliphatic heterocycles. The molecule has 2 heterocycles. The lowest BCUT2D eigenvalue weighted by Crippen LogP contribution is -2.57. The van der Waals surface area contributed by atoms with Crippen LogP contribution < -0.4 is 4.90 Å². The number of hydrogen-bond donors (Lipinski definition) is 0. The van der Waals surface area contributed by atoms with Gasteiger partial charge in [-0.15, -0.1) is 0 Å². The largest absolute Gasteiger partial charge is 0.367 e. The maximum Gasteiger partial charge on any atom is 0.271 e. The highest BCUT2D eigenvalue weighted by Crippen LogP contribution is 2.34. The minimum absolute atomic E-state index is 0.106. The van der Waals surface area contributed by atoms with Crippen LogP contribution in [0.5, 0.6) is 0 Å². The highest BCUT2D eigenvalue weighted by molar-refractivity contribution is 5.75. The second-order valence-electron chi connectivity index (χ2n) is 5.09. The van der Waals surface area contributed by atoms with Gasteiger partial charge >= 0.3 is 0 Å². The molecule has 0 radical (unpaired) electrons. The highest BCUT2D eigenvalue weighted by Gasteiger charge is 2.34. The van der Waals surface area contributed by atoms with Gasteiger partial charge in [-0.2, -0.15) is 0 Å². The molecular weight excluding hydrogens is 246 g/mol. The van der Waals surface area contributed by atoms with Crippen LogP contribution in [0.15, 0.2) is 18.2 Å². The number of hydrogen-bond acceptors (Lipinski definition) is 4. The van der Waals surface area contributed by atoms with Gasteiger partial charge in [0, 0.05) is 44.4 Å². The summed E-state index contributed by atoms with van der Waals surface area (Å²) >= 11 is 0. The molecule has 0 saturated carbocycles. The number of carbonyl (C=O) groups excluding carboxylic acids is 1. The zero-order valence-electron chi connectivity index (χ0n) is 10.7. The van der Waals surface area contributed by atoms with Crippen molar-refractivity contribution in [1.29, 1.82) is 0 Å². The molecule has 2 bridgehead atoms. The van der Waals surface area contributed by atoms with Crippen molar-refractivity contribution in [1.82, 2.24) is 4.90 Å². The average molecular weight is 261 g/mol. The van der Waals surface area contributed by atoms with E-state index in [1.54, 1.807) is 19.1 Å². The lowest BCUT2D eigenvalue weighted by atomic mass is 9.94. The molecule has 2 aliphatic rings. The highest BCUT2D eigenvalue weighted by atomic mass is 16.6.